The van der Waals surface area contributed by atoms with Crippen molar-refractivity contribution in [1.82, 2.24) is 10.3 Å². The number of aryl methyl sites for hydroxylation is 2. The van der Waals surface area contributed by atoms with E-state index in [1.54, 1.807) is 7.05 Å². The second kappa shape index (κ2) is 8.95. The lowest BCUT2D eigenvalue weighted by Gasteiger charge is -2.03. The highest BCUT2D eigenvalue weighted by molar-refractivity contribution is 7.16. The van der Waals surface area contributed by atoms with Crippen molar-refractivity contribution in [2.75, 3.05) is 12.4 Å². The Morgan fingerprint density at radius 1 is 1.19 bits per heavy atom. The van der Waals surface area contributed by atoms with Crippen LogP contribution in [0.3, 0.4) is 0 Å². The number of aliphatic imine (C=N–C) groups is 1. The fourth-order valence-electron chi connectivity index (χ4n) is 2.30. The number of hydrogen-bond donors (Lipinski definition) is 4. The van der Waals surface area contributed by atoms with Gasteiger partial charge in [-0.3, -0.25) is 9.59 Å². The average molecular weight is 374 g/mol. The first kappa shape index (κ1) is 19.4. The monoisotopic (exact) mass is 374 g/mol. The van der Waals surface area contributed by atoms with Gasteiger partial charge in [0, 0.05) is 18.8 Å². The Labute approximate surface area is 155 Å². The van der Waals surface area contributed by atoms with Crippen LogP contribution in [0.15, 0.2) is 29.3 Å². The molecule has 1 aromatic heterocycles. The molecule has 0 spiro atoms. The minimum atomic E-state index is -0.188. The molecule has 0 aliphatic heterocycles. The van der Waals surface area contributed by atoms with Crippen LogP contribution >= 0.6 is 11.3 Å². The molecule has 9 heteroatoms. The van der Waals surface area contributed by atoms with Crippen molar-refractivity contribution in [2.24, 2.45) is 16.5 Å². The van der Waals surface area contributed by atoms with Gasteiger partial charge in [0.15, 0.2) is 11.1 Å². The number of aromatic nitrogens is 1. The first-order chi connectivity index (χ1) is 12.4. The van der Waals surface area contributed by atoms with Gasteiger partial charge in [0.2, 0.25) is 11.8 Å². The van der Waals surface area contributed by atoms with E-state index in [-0.39, 0.29) is 24.2 Å². The van der Waals surface area contributed by atoms with Crippen LogP contribution < -0.4 is 22.1 Å². The summed E-state index contributed by atoms with van der Waals surface area (Å²) < 4.78 is 0. The van der Waals surface area contributed by atoms with Gasteiger partial charge in [-0.15, -0.1) is 11.3 Å². The van der Waals surface area contributed by atoms with E-state index < -0.39 is 0 Å². The second-order valence-corrected chi connectivity index (χ2v) is 6.71. The topological polar surface area (TPSA) is 135 Å². The highest BCUT2D eigenvalue weighted by Gasteiger charge is 2.15. The molecule has 0 aliphatic rings. The van der Waals surface area contributed by atoms with E-state index in [1.807, 2.05) is 24.3 Å². The third-order valence-electron chi connectivity index (χ3n) is 3.51. The molecule has 26 heavy (non-hydrogen) atoms. The molecule has 0 fully saturated rings. The van der Waals surface area contributed by atoms with E-state index in [0.29, 0.717) is 17.2 Å². The predicted molar refractivity (Wildman–Crippen MR) is 104 cm³/mol. The molecule has 0 bridgehead atoms. The predicted octanol–water partition coefficient (Wildman–Crippen LogP) is 1.08. The Kier molecular flexibility index (Phi) is 6.67. The molecule has 0 atom stereocenters. The molecule has 0 unspecified atom stereocenters. The Balaban J connectivity index is 2.11. The minimum Gasteiger partial charge on any atom is -0.370 e. The van der Waals surface area contributed by atoms with Gasteiger partial charge in [0.05, 0.1) is 17.8 Å². The van der Waals surface area contributed by atoms with Crippen LogP contribution in [0.5, 0.6) is 0 Å². The Bertz CT molecular complexity index is 809. The second-order valence-electron chi connectivity index (χ2n) is 5.62. The molecule has 2 aromatic rings. The molecule has 0 aliphatic carbocycles. The van der Waals surface area contributed by atoms with Gasteiger partial charge in [-0.25, -0.2) is 9.98 Å². The molecular weight excluding hydrogens is 352 g/mol. The number of nitrogens with two attached hydrogens (primary N) is 2. The number of guanidine groups is 1. The summed E-state index contributed by atoms with van der Waals surface area (Å²) in [7, 11) is 1.59. The van der Waals surface area contributed by atoms with Crippen molar-refractivity contribution in [1.29, 1.82) is 0 Å². The van der Waals surface area contributed by atoms with Crippen LogP contribution in [0.2, 0.25) is 0 Å². The zero-order chi connectivity index (χ0) is 19.1. The third kappa shape index (κ3) is 5.85. The quantitative estimate of drug-likeness (QED) is 0.425. The van der Waals surface area contributed by atoms with E-state index in [9.17, 15) is 9.59 Å². The van der Waals surface area contributed by atoms with Crippen molar-refractivity contribution in [3.05, 3.63) is 40.4 Å². The number of amides is 2. The summed E-state index contributed by atoms with van der Waals surface area (Å²) >= 11 is 1.33. The number of hydrogen-bond acceptors (Lipinski definition) is 5. The normalized spacial score (nSPS) is 10.2. The van der Waals surface area contributed by atoms with E-state index in [4.69, 9.17) is 11.5 Å². The highest BCUT2D eigenvalue weighted by atomic mass is 32.1. The summed E-state index contributed by atoms with van der Waals surface area (Å²) in [5, 5.41) is 5.79. The number of carbonyl (C=O) groups excluding carboxylic acids is 2. The minimum absolute atomic E-state index is 0.0181. The van der Waals surface area contributed by atoms with Crippen LogP contribution in [-0.4, -0.2) is 29.8 Å². The Morgan fingerprint density at radius 2 is 1.88 bits per heavy atom. The Hall–Kier alpha value is -2.94. The fourth-order valence-corrected chi connectivity index (χ4v) is 3.36. The highest BCUT2D eigenvalue weighted by Crippen LogP contribution is 2.25. The number of thiazole rings is 1. The van der Waals surface area contributed by atoms with Gasteiger partial charge < -0.3 is 22.1 Å². The van der Waals surface area contributed by atoms with Gasteiger partial charge in [0.1, 0.15) is 0 Å². The van der Waals surface area contributed by atoms with Crippen molar-refractivity contribution in [2.45, 2.75) is 26.2 Å². The zero-order valence-electron chi connectivity index (χ0n) is 14.7. The van der Waals surface area contributed by atoms with Gasteiger partial charge >= 0.3 is 0 Å². The van der Waals surface area contributed by atoms with E-state index >= 15 is 0 Å². The lowest BCUT2D eigenvalue weighted by atomic mass is 10.1. The van der Waals surface area contributed by atoms with Gasteiger partial charge in [-0.2, -0.15) is 0 Å². The number of benzene rings is 1. The van der Waals surface area contributed by atoms with Crippen LogP contribution in [0.1, 0.15) is 23.1 Å². The summed E-state index contributed by atoms with van der Waals surface area (Å²) in [6.45, 7) is 1.43. The van der Waals surface area contributed by atoms with Gasteiger partial charge in [-0.1, -0.05) is 12.1 Å². The largest absolute Gasteiger partial charge is 0.370 e. The van der Waals surface area contributed by atoms with Crippen LogP contribution in [0, 0.1) is 0 Å². The summed E-state index contributed by atoms with van der Waals surface area (Å²) in [5.41, 5.74) is 13.3. The molecule has 8 nitrogen and oxygen atoms in total. The Morgan fingerprint density at radius 3 is 2.46 bits per heavy atom. The van der Waals surface area contributed by atoms with Crippen molar-refractivity contribution in [3.63, 3.8) is 0 Å². The van der Waals surface area contributed by atoms with Crippen molar-refractivity contribution < 1.29 is 9.59 Å². The van der Waals surface area contributed by atoms with E-state index in [2.05, 4.69) is 20.6 Å². The third-order valence-corrected chi connectivity index (χ3v) is 4.52. The molecular formula is C17H22N6O2S. The molecule has 1 aromatic carbocycles. The number of anilines is 1. The SMILES string of the molecule is CNC(=O)Cc1sc(NC(C)=O)nc1CCc1ccc(N=C(N)N)cc1. The maximum atomic E-state index is 11.7. The number of carbonyl (C=O) groups is 2. The van der Waals surface area contributed by atoms with E-state index in [0.717, 1.165) is 22.6 Å². The summed E-state index contributed by atoms with van der Waals surface area (Å²) in [6, 6.07) is 7.57. The van der Waals surface area contributed by atoms with E-state index in [1.165, 1.54) is 18.3 Å². The molecule has 2 amide bonds. The number of nitrogens with one attached hydrogen (secondary N) is 2. The zero-order valence-corrected chi connectivity index (χ0v) is 15.5. The number of nitrogens with zero attached hydrogens (tertiary/aromatic N) is 2. The molecule has 1 heterocycles. The molecule has 6 N–H and O–H groups in total. The first-order valence-corrected chi connectivity index (χ1v) is 8.84. The number of likely N-dealkylation sites (N-methyl/N-ethyl adjacent to an activating group) is 1. The van der Waals surface area contributed by atoms with Crippen molar-refractivity contribution in [3.8, 4) is 0 Å². The molecule has 0 saturated carbocycles. The molecule has 2 rings (SSSR count). The molecule has 0 radical (unpaired) electrons. The lowest BCUT2D eigenvalue weighted by Crippen LogP contribution is -2.21. The molecule has 138 valence electrons. The summed E-state index contributed by atoms with van der Waals surface area (Å²) in [4.78, 5) is 32.3. The first-order valence-electron chi connectivity index (χ1n) is 8.02. The summed E-state index contributed by atoms with van der Waals surface area (Å²) in [6.07, 6.45) is 1.64. The maximum absolute atomic E-state index is 11.7. The van der Waals surface area contributed by atoms with Crippen LogP contribution in [-0.2, 0) is 28.9 Å². The summed E-state index contributed by atoms with van der Waals surface area (Å²) in [5.74, 6) is -0.262. The smallest absolute Gasteiger partial charge is 0.225 e. The number of rotatable bonds is 7. The lowest BCUT2D eigenvalue weighted by molar-refractivity contribution is -0.120. The standard InChI is InChI=1S/C17H22N6O2S/c1-10(24)21-17-23-13(14(26-17)9-15(25)20-2)8-5-11-3-6-12(7-4-11)22-16(18)19/h3-4,6-7H,5,8-9H2,1-2H3,(H,20,25)(H4,18,19,22)(H,21,23,24). The van der Waals surface area contributed by atoms with Crippen LogP contribution in [0.25, 0.3) is 0 Å². The average Bonchev–Trinajstić information content (AvgIpc) is 2.94. The van der Waals surface area contributed by atoms with Gasteiger partial charge in [0.25, 0.3) is 0 Å². The van der Waals surface area contributed by atoms with Gasteiger partial charge in [-0.05, 0) is 30.5 Å². The maximum Gasteiger partial charge on any atom is 0.225 e. The van der Waals surface area contributed by atoms with Crippen molar-refractivity contribution >= 4 is 39.9 Å². The van der Waals surface area contributed by atoms with Crippen LogP contribution in [0.4, 0.5) is 10.8 Å². The molecule has 0 saturated heterocycles. The fraction of sp³-hybridized carbons (Fsp3) is 0.294.